The number of aromatic amines is 1. The molecular weight excluding hydrogens is 306 g/mol. The van der Waals surface area contributed by atoms with E-state index in [1.165, 1.54) is 0 Å². The molecule has 7 heteroatoms. The summed E-state index contributed by atoms with van der Waals surface area (Å²) in [5.41, 5.74) is 1.12. The maximum Gasteiger partial charge on any atom is 0.273 e. The second kappa shape index (κ2) is 7.00. The van der Waals surface area contributed by atoms with Crippen molar-refractivity contribution in [2.75, 3.05) is 26.7 Å². The van der Waals surface area contributed by atoms with Gasteiger partial charge in [-0.2, -0.15) is 5.10 Å². The fourth-order valence-corrected chi connectivity index (χ4v) is 3.23. The van der Waals surface area contributed by atoms with Gasteiger partial charge < -0.3 is 15.5 Å². The molecule has 0 saturated carbocycles. The van der Waals surface area contributed by atoms with Gasteiger partial charge in [-0.1, -0.05) is 18.2 Å². The molecule has 2 atom stereocenters. The molecule has 1 aromatic heterocycles. The third kappa shape index (κ3) is 3.26. The van der Waals surface area contributed by atoms with Gasteiger partial charge in [0.25, 0.3) is 5.91 Å². The van der Waals surface area contributed by atoms with E-state index in [0.29, 0.717) is 11.6 Å². The third-order valence-electron chi connectivity index (χ3n) is 4.49. The van der Waals surface area contributed by atoms with Crippen LogP contribution in [0, 0.1) is 5.92 Å². The first-order chi connectivity index (χ1) is 11.6. The number of para-hydroxylation sites is 1. The van der Waals surface area contributed by atoms with Gasteiger partial charge in [0.2, 0.25) is 5.91 Å². The molecule has 1 fully saturated rings. The van der Waals surface area contributed by atoms with Crippen LogP contribution in [0.5, 0.6) is 0 Å². The lowest BCUT2D eigenvalue weighted by Crippen LogP contribution is -2.46. The highest BCUT2D eigenvalue weighted by molar-refractivity contribution is 6.05. The summed E-state index contributed by atoms with van der Waals surface area (Å²) in [4.78, 5) is 26.8. The minimum Gasteiger partial charge on any atom is -0.341 e. The van der Waals surface area contributed by atoms with E-state index in [1.807, 2.05) is 36.2 Å². The highest BCUT2D eigenvalue weighted by Crippen LogP contribution is 2.17. The third-order valence-corrected chi connectivity index (χ3v) is 4.49. The Morgan fingerprint density at radius 3 is 3.00 bits per heavy atom. The smallest absolute Gasteiger partial charge is 0.273 e. The van der Waals surface area contributed by atoms with E-state index in [4.69, 9.17) is 0 Å². The lowest BCUT2D eigenvalue weighted by atomic mass is 10.1. The van der Waals surface area contributed by atoms with E-state index in [9.17, 15) is 9.59 Å². The van der Waals surface area contributed by atoms with Crippen molar-refractivity contribution in [1.82, 2.24) is 25.7 Å². The summed E-state index contributed by atoms with van der Waals surface area (Å²) in [5, 5.41) is 13.6. The first-order valence-corrected chi connectivity index (χ1v) is 8.27. The number of aromatic nitrogens is 2. The average molecular weight is 329 g/mol. The molecule has 1 aromatic carbocycles. The SMILES string of the molecule is CNCC1CCN(C(=O)C(C)NC(=O)c2n[nH]c3ccccc23)C1. The number of rotatable bonds is 5. The molecule has 0 aliphatic carbocycles. The van der Waals surface area contributed by atoms with Crippen LogP contribution in [0.25, 0.3) is 10.9 Å². The van der Waals surface area contributed by atoms with Gasteiger partial charge in [0.1, 0.15) is 6.04 Å². The lowest BCUT2D eigenvalue weighted by molar-refractivity contribution is -0.131. The maximum absolute atomic E-state index is 12.5. The Morgan fingerprint density at radius 1 is 1.42 bits per heavy atom. The monoisotopic (exact) mass is 329 g/mol. The van der Waals surface area contributed by atoms with E-state index in [2.05, 4.69) is 20.8 Å². The van der Waals surface area contributed by atoms with E-state index < -0.39 is 6.04 Å². The Hall–Kier alpha value is -2.41. The topological polar surface area (TPSA) is 90.1 Å². The molecule has 2 heterocycles. The maximum atomic E-state index is 12.5. The van der Waals surface area contributed by atoms with E-state index >= 15 is 0 Å². The molecule has 128 valence electrons. The van der Waals surface area contributed by atoms with Crippen molar-refractivity contribution in [2.45, 2.75) is 19.4 Å². The zero-order valence-corrected chi connectivity index (χ0v) is 14.0. The molecule has 1 saturated heterocycles. The minimum absolute atomic E-state index is 0.0400. The Balaban J connectivity index is 1.63. The van der Waals surface area contributed by atoms with Gasteiger partial charge in [-0.15, -0.1) is 0 Å². The predicted molar refractivity (Wildman–Crippen MR) is 91.6 cm³/mol. The van der Waals surface area contributed by atoms with Crippen LogP contribution in [0.1, 0.15) is 23.8 Å². The van der Waals surface area contributed by atoms with Gasteiger partial charge in [-0.25, -0.2) is 0 Å². The van der Waals surface area contributed by atoms with Crippen molar-refractivity contribution >= 4 is 22.7 Å². The zero-order chi connectivity index (χ0) is 17.1. The standard InChI is InChI=1S/C17H23N5O2/c1-11(17(24)22-8-7-12(10-22)9-18-2)19-16(23)15-13-5-3-4-6-14(13)20-21-15/h3-6,11-12,18H,7-10H2,1-2H3,(H,19,23)(H,20,21). The molecule has 3 rings (SSSR count). The summed E-state index contributed by atoms with van der Waals surface area (Å²) in [6.07, 6.45) is 0.997. The molecule has 2 aromatic rings. The van der Waals surface area contributed by atoms with Crippen LogP contribution in [0.2, 0.25) is 0 Å². The van der Waals surface area contributed by atoms with E-state index in [-0.39, 0.29) is 11.8 Å². The van der Waals surface area contributed by atoms with E-state index in [1.54, 1.807) is 6.92 Å². The Labute approximate surface area is 140 Å². The fraction of sp³-hybridized carbons (Fsp3) is 0.471. The van der Waals surface area contributed by atoms with Crippen LogP contribution in [-0.2, 0) is 4.79 Å². The summed E-state index contributed by atoms with van der Waals surface area (Å²) >= 11 is 0. The van der Waals surface area contributed by atoms with Crippen molar-refractivity contribution < 1.29 is 9.59 Å². The molecule has 3 N–H and O–H groups in total. The molecule has 1 aliphatic rings. The molecular formula is C17H23N5O2. The molecule has 0 bridgehead atoms. The van der Waals surface area contributed by atoms with Crippen LogP contribution in [0.15, 0.2) is 24.3 Å². The Bertz CT molecular complexity index is 741. The highest BCUT2D eigenvalue weighted by atomic mass is 16.2. The number of nitrogens with zero attached hydrogens (tertiary/aromatic N) is 2. The molecule has 0 spiro atoms. The van der Waals surface area contributed by atoms with Gasteiger partial charge in [-0.3, -0.25) is 14.7 Å². The van der Waals surface area contributed by atoms with Crippen molar-refractivity contribution in [2.24, 2.45) is 5.92 Å². The second-order valence-electron chi connectivity index (χ2n) is 6.31. The Morgan fingerprint density at radius 2 is 2.21 bits per heavy atom. The minimum atomic E-state index is -0.568. The fourth-order valence-electron chi connectivity index (χ4n) is 3.23. The number of likely N-dealkylation sites (tertiary alicyclic amines) is 1. The van der Waals surface area contributed by atoms with Gasteiger partial charge >= 0.3 is 0 Å². The first-order valence-electron chi connectivity index (χ1n) is 8.27. The summed E-state index contributed by atoms with van der Waals surface area (Å²) < 4.78 is 0. The molecule has 7 nitrogen and oxygen atoms in total. The number of hydrogen-bond donors (Lipinski definition) is 3. The van der Waals surface area contributed by atoms with Gasteiger partial charge in [0.05, 0.1) is 5.52 Å². The van der Waals surface area contributed by atoms with Crippen LogP contribution >= 0.6 is 0 Å². The molecule has 0 radical (unpaired) electrons. The number of nitrogens with one attached hydrogen (secondary N) is 3. The predicted octanol–water partition coefficient (Wildman–Crippen LogP) is 0.749. The second-order valence-corrected chi connectivity index (χ2v) is 6.31. The van der Waals surface area contributed by atoms with Crippen LogP contribution < -0.4 is 10.6 Å². The summed E-state index contributed by atoms with van der Waals surface area (Å²) in [6.45, 7) is 4.12. The molecule has 2 unspecified atom stereocenters. The Kier molecular flexibility index (Phi) is 4.80. The van der Waals surface area contributed by atoms with Crippen molar-refractivity contribution in [1.29, 1.82) is 0 Å². The number of amides is 2. The van der Waals surface area contributed by atoms with E-state index in [0.717, 1.165) is 37.0 Å². The van der Waals surface area contributed by atoms with Gasteiger partial charge in [0, 0.05) is 18.5 Å². The molecule has 1 aliphatic heterocycles. The number of carbonyl (C=O) groups excluding carboxylic acids is 2. The number of H-pyrrole nitrogens is 1. The van der Waals surface area contributed by atoms with Gasteiger partial charge in [-0.05, 0) is 38.9 Å². The summed E-state index contributed by atoms with van der Waals surface area (Å²) in [6, 6.07) is 6.86. The van der Waals surface area contributed by atoms with Crippen LogP contribution in [0.4, 0.5) is 0 Å². The quantitative estimate of drug-likeness (QED) is 0.755. The average Bonchev–Trinajstić information content (AvgIpc) is 3.21. The van der Waals surface area contributed by atoms with Crippen LogP contribution in [0.3, 0.4) is 0 Å². The molecule has 24 heavy (non-hydrogen) atoms. The summed E-state index contributed by atoms with van der Waals surface area (Å²) in [5.74, 6) is 0.109. The van der Waals surface area contributed by atoms with Crippen molar-refractivity contribution in [3.05, 3.63) is 30.0 Å². The highest BCUT2D eigenvalue weighted by Gasteiger charge is 2.29. The van der Waals surface area contributed by atoms with Gasteiger partial charge in [0.15, 0.2) is 5.69 Å². The number of carbonyl (C=O) groups is 2. The number of hydrogen-bond acceptors (Lipinski definition) is 4. The van der Waals surface area contributed by atoms with Crippen molar-refractivity contribution in [3.8, 4) is 0 Å². The first kappa shape index (κ1) is 16.4. The molecule has 2 amide bonds. The normalized spacial score (nSPS) is 18.8. The number of fused-ring (bicyclic) bond motifs is 1. The summed E-state index contributed by atoms with van der Waals surface area (Å²) in [7, 11) is 1.92. The largest absolute Gasteiger partial charge is 0.341 e. The lowest BCUT2D eigenvalue weighted by Gasteiger charge is -2.21. The zero-order valence-electron chi connectivity index (χ0n) is 14.0. The number of benzene rings is 1. The van der Waals surface area contributed by atoms with Crippen LogP contribution in [-0.4, -0.2) is 59.6 Å². The van der Waals surface area contributed by atoms with Crippen molar-refractivity contribution in [3.63, 3.8) is 0 Å².